The maximum atomic E-state index is 5.60. The van der Waals surface area contributed by atoms with Crippen LogP contribution in [-0.4, -0.2) is 60.5 Å². The highest BCUT2D eigenvalue weighted by Crippen LogP contribution is 2.24. The summed E-state index contributed by atoms with van der Waals surface area (Å²) in [5, 5.41) is 5.29. The topological polar surface area (TPSA) is 47.0 Å². The van der Waals surface area contributed by atoms with Crippen molar-refractivity contribution in [1.29, 1.82) is 0 Å². The van der Waals surface area contributed by atoms with Crippen molar-refractivity contribution in [3.8, 4) is 0 Å². The first-order chi connectivity index (χ1) is 13.6. The Balaban J connectivity index is 1.37. The number of thiocarbonyl (C=S) groups is 1. The van der Waals surface area contributed by atoms with Gasteiger partial charge < -0.3 is 14.7 Å². The molecule has 2 aromatic rings. The summed E-state index contributed by atoms with van der Waals surface area (Å²) in [6.45, 7) is 6.79. The molecule has 146 valence electrons. The minimum Gasteiger partial charge on any atom is -0.372 e. The van der Waals surface area contributed by atoms with Gasteiger partial charge in [-0.15, -0.1) is 0 Å². The number of piperazine rings is 1. The molecule has 0 amide bonds. The zero-order chi connectivity index (χ0) is 19.5. The summed E-state index contributed by atoms with van der Waals surface area (Å²) in [5.41, 5.74) is 8.77. The molecule has 0 saturated carbocycles. The average molecular weight is 395 g/mol. The van der Waals surface area contributed by atoms with Gasteiger partial charge in [-0.05, 0) is 42.9 Å². The summed E-state index contributed by atoms with van der Waals surface area (Å²) in [4.78, 5) is 11.4. The first kappa shape index (κ1) is 18.7. The molecule has 1 fully saturated rings. The number of anilines is 2. The molecule has 2 aliphatic rings. The number of aryl methyl sites for hydroxylation is 1. The number of aromatic nitrogens is 1. The first-order valence-electron chi connectivity index (χ1n) is 9.72. The van der Waals surface area contributed by atoms with Crippen molar-refractivity contribution in [3.05, 3.63) is 53.9 Å². The van der Waals surface area contributed by atoms with Crippen LogP contribution in [0.15, 0.2) is 47.7 Å². The maximum Gasteiger partial charge on any atom is 0.189 e. The van der Waals surface area contributed by atoms with E-state index in [1.54, 1.807) is 0 Å². The van der Waals surface area contributed by atoms with Gasteiger partial charge in [0.15, 0.2) is 5.11 Å². The van der Waals surface area contributed by atoms with Crippen LogP contribution in [0.2, 0.25) is 0 Å². The third-order valence-corrected chi connectivity index (χ3v) is 5.81. The molecule has 1 aromatic carbocycles. The highest BCUT2D eigenvalue weighted by Gasteiger charge is 2.22. The molecule has 1 saturated heterocycles. The highest BCUT2D eigenvalue weighted by molar-refractivity contribution is 7.80. The second-order valence-corrected chi connectivity index (χ2v) is 7.67. The van der Waals surface area contributed by atoms with Crippen LogP contribution < -0.4 is 15.2 Å². The van der Waals surface area contributed by atoms with Crippen LogP contribution >= 0.6 is 12.2 Å². The largest absolute Gasteiger partial charge is 0.372 e. The predicted molar refractivity (Wildman–Crippen MR) is 119 cm³/mol. The van der Waals surface area contributed by atoms with Crippen molar-refractivity contribution in [2.75, 3.05) is 49.6 Å². The lowest BCUT2D eigenvalue weighted by atomic mass is 10.1. The number of rotatable bonds is 2. The molecule has 0 spiro atoms. The van der Waals surface area contributed by atoms with Crippen LogP contribution in [0.4, 0.5) is 11.4 Å². The smallest absolute Gasteiger partial charge is 0.189 e. The van der Waals surface area contributed by atoms with E-state index in [-0.39, 0.29) is 0 Å². The Labute approximate surface area is 171 Å². The fourth-order valence-corrected chi connectivity index (χ4v) is 4.03. The molecule has 1 N–H and O–H groups in total. The van der Waals surface area contributed by atoms with Crippen molar-refractivity contribution in [3.63, 3.8) is 0 Å². The lowest BCUT2D eigenvalue weighted by Crippen LogP contribution is -2.51. The summed E-state index contributed by atoms with van der Waals surface area (Å²) in [6.07, 6.45) is 2.67. The number of nitrogens with zero attached hydrogens (tertiary/aromatic N) is 5. The number of nitrogens with one attached hydrogen (secondary N) is 1. The van der Waals surface area contributed by atoms with Gasteiger partial charge in [0.1, 0.15) is 5.69 Å². The van der Waals surface area contributed by atoms with E-state index in [1.807, 2.05) is 12.3 Å². The lowest BCUT2D eigenvalue weighted by molar-refractivity contribution is 0.381. The Morgan fingerprint density at radius 2 is 1.79 bits per heavy atom. The number of fused-ring (bicyclic) bond motifs is 1. The maximum absolute atomic E-state index is 5.60. The number of hydrogen-bond acceptors (Lipinski definition) is 5. The lowest BCUT2D eigenvalue weighted by Gasteiger charge is -2.37. The van der Waals surface area contributed by atoms with E-state index in [0.29, 0.717) is 5.11 Å². The van der Waals surface area contributed by atoms with Crippen LogP contribution in [-0.2, 0) is 0 Å². The molecule has 7 heteroatoms. The van der Waals surface area contributed by atoms with Crippen molar-refractivity contribution >= 4 is 34.4 Å². The van der Waals surface area contributed by atoms with E-state index in [2.05, 4.69) is 74.5 Å². The molecular weight excluding hydrogens is 368 g/mol. The Morgan fingerprint density at radius 1 is 1.04 bits per heavy atom. The van der Waals surface area contributed by atoms with Crippen LogP contribution in [0, 0.1) is 6.92 Å². The molecule has 1 aromatic heterocycles. The molecule has 3 heterocycles. The summed E-state index contributed by atoms with van der Waals surface area (Å²) >= 11 is 5.60. The number of benzene rings is 1. The molecular formula is C21H26N6S. The van der Waals surface area contributed by atoms with E-state index < -0.39 is 0 Å². The molecule has 0 atom stereocenters. The van der Waals surface area contributed by atoms with Gasteiger partial charge in [-0.3, -0.25) is 10.4 Å². The Hall–Kier alpha value is -2.67. The van der Waals surface area contributed by atoms with Crippen LogP contribution in [0.1, 0.15) is 17.7 Å². The van der Waals surface area contributed by atoms with Gasteiger partial charge in [0.25, 0.3) is 0 Å². The molecule has 0 unspecified atom stereocenters. The normalized spacial score (nSPS) is 18.2. The Bertz CT molecular complexity index is 888. The van der Waals surface area contributed by atoms with E-state index >= 15 is 0 Å². The van der Waals surface area contributed by atoms with Gasteiger partial charge in [-0.2, -0.15) is 5.10 Å². The number of hydrogen-bond donors (Lipinski definition) is 1. The Morgan fingerprint density at radius 3 is 2.57 bits per heavy atom. The van der Waals surface area contributed by atoms with Crippen molar-refractivity contribution in [1.82, 2.24) is 15.3 Å². The van der Waals surface area contributed by atoms with Crippen LogP contribution in [0.25, 0.3) is 0 Å². The Kier molecular flexibility index (Phi) is 5.43. The summed E-state index contributed by atoms with van der Waals surface area (Å²) in [6, 6.07) is 12.6. The molecule has 0 aliphatic carbocycles. The van der Waals surface area contributed by atoms with Gasteiger partial charge in [0, 0.05) is 58.1 Å². The number of para-hydroxylation sites is 1. The summed E-state index contributed by atoms with van der Waals surface area (Å²) < 4.78 is 0. The van der Waals surface area contributed by atoms with Crippen LogP contribution in [0.5, 0.6) is 0 Å². The van der Waals surface area contributed by atoms with Crippen LogP contribution in [0.3, 0.4) is 0 Å². The first-order valence-corrected chi connectivity index (χ1v) is 10.1. The van der Waals surface area contributed by atoms with Gasteiger partial charge in [0.05, 0.1) is 11.4 Å². The van der Waals surface area contributed by atoms with E-state index in [9.17, 15) is 0 Å². The van der Waals surface area contributed by atoms with Crippen molar-refractivity contribution in [2.45, 2.75) is 13.3 Å². The van der Waals surface area contributed by atoms with E-state index in [4.69, 9.17) is 12.2 Å². The zero-order valence-corrected chi connectivity index (χ0v) is 17.2. The quantitative estimate of drug-likeness (QED) is 0.624. The second-order valence-electron chi connectivity index (χ2n) is 7.28. The fourth-order valence-electron chi connectivity index (χ4n) is 3.80. The fraction of sp³-hybridized carbons (Fsp3) is 0.381. The molecule has 0 radical (unpaired) electrons. The number of pyridine rings is 1. The summed E-state index contributed by atoms with van der Waals surface area (Å²) in [5.74, 6) is 0. The molecule has 0 bridgehead atoms. The molecule has 4 rings (SSSR count). The minimum atomic E-state index is 0.688. The third kappa shape index (κ3) is 3.80. The molecule has 28 heavy (non-hydrogen) atoms. The summed E-state index contributed by atoms with van der Waals surface area (Å²) in [7, 11) is 2.09. The minimum absolute atomic E-state index is 0.688. The third-order valence-electron chi connectivity index (χ3n) is 5.46. The number of hydrazone groups is 1. The van der Waals surface area contributed by atoms with Crippen molar-refractivity contribution in [2.24, 2.45) is 5.10 Å². The monoisotopic (exact) mass is 394 g/mol. The zero-order valence-electron chi connectivity index (χ0n) is 16.4. The van der Waals surface area contributed by atoms with Gasteiger partial charge >= 0.3 is 0 Å². The SMILES string of the molecule is Cc1ccccc1N1CCN(C(=S)N/N=C2/CCN(C)c3cccnc32)CC1. The second kappa shape index (κ2) is 8.14. The van der Waals surface area contributed by atoms with Crippen molar-refractivity contribution < 1.29 is 0 Å². The highest BCUT2D eigenvalue weighted by atomic mass is 32.1. The van der Waals surface area contributed by atoms with Gasteiger partial charge in [-0.25, -0.2) is 0 Å². The predicted octanol–water partition coefficient (Wildman–Crippen LogP) is 2.63. The molecule has 6 nitrogen and oxygen atoms in total. The van der Waals surface area contributed by atoms with Gasteiger partial charge in [0.2, 0.25) is 0 Å². The van der Waals surface area contributed by atoms with E-state index in [1.165, 1.54) is 11.3 Å². The van der Waals surface area contributed by atoms with Gasteiger partial charge in [-0.1, -0.05) is 18.2 Å². The average Bonchev–Trinajstić information content (AvgIpc) is 2.74. The van der Waals surface area contributed by atoms with E-state index in [0.717, 1.165) is 56.2 Å². The standard InChI is InChI=1S/C21H26N6S/c1-16-6-3-4-7-18(16)26-12-14-27(15-13-26)21(28)24-23-17-9-11-25(2)19-8-5-10-22-20(17)19/h3-8,10H,9,11-15H2,1-2H3,(H,24,28)/b23-17-. The molecule has 2 aliphatic heterocycles.